The SMILES string of the molecule is COc1ccc(C)cc1CCNc1ccc(S(=O)(=O)NC(C)C)cc1[N+](=O)[O-]. The molecule has 0 aromatic heterocycles. The van der Waals surface area contributed by atoms with Crippen LogP contribution in [0.3, 0.4) is 0 Å². The number of benzene rings is 2. The molecule has 28 heavy (non-hydrogen) atoms. The second-order valence-corrected chi connectivity index (χ2v) is 8.42. The number of rotatable bonds is 9. The summed E-state index contributed by atoms with van der Waals surface area (Å²) in [7, 11) is -2.21. The molecule has 0 atom stereocenters. The van der Waals surface area contributed by atoms with Gasteiger partial charge < -0.3 is 10.1 Å². The van der Waals surface area contributed by atoms with Crippen LogP contribution in [0.1, 0.15) is 25.0 Å². The first-order chi connectivity index (χ1) is 13.1. The Labute approximate surface area is 165 Å². The summed E-state index contributed by atoms with van der Waals surface area (Å²) < 4.78 is 32.3. The van der Waals surface area contributed by atoms with Gasteiger partial charge in [0, 0.05) is 18.7 Å². The number of sulfonamides is 1. The molecular formula is C19H25N3O5S. The molecule has 0 radical (unpaired) electrons. The zero-order valence-electron chi connectivity index (χ0n) is 16.4. The molecule has 2 N–H and O–H groups in total. The molecule has 2 aromatic carbocycles. The van der Waals surface area contributed by atoms with Crippen molar-refractivity contribution in [1.82, 2.24) is 4.72 Å². The van der Waals surface area contributed by atoms with Gasteiger partial charge in [-0.05, 0) is 51.0 Å². The lowest BCUT2D eigenvalue weighted by Gasteiger charge is -2.13. The molecule has 0 aliphatic carbocycles. The fraction of sp³-hybridized carbons (Fsp3) is 0.368. The van der Waals surface area contributed by atoms with E-state index in [4.69, 9.17) is 4.74 Å². The predicted molar refractivity (Wildman–Crippen MR) is 108 cm³/mol. The van der Waals surface area contributed by atoms with Gasteiger partial charge in [-0.2, -0.15) is 0 Å². The van der Waals surface area contributed by atoms with E-state index in [0.29, 0.717) is 13.0 Å². The maximum Gasteiger partial charge on any atom is 0.293 e. The summed E-state index contributed by atoms with van der Waals surface area (Å²) >= 11 is 0. The summed E-state index contributed by atoms with van der Waals surface area (Å²) in [6.07, 6.45) is 0.594. The lowest BCUT2D eigenvalue weighted by Crippen LogP contribution is -2.30. The van der Waals surface area contributed by atoms with Crippen molar-refractivity contribution in [2.24, 2.45) is 0 Å². The number of anilines is 1. The van der Waals surface area contributed by atoms with Crippen LogP contribution in [-0.2, 0) is 16.4 Å². The van der Waals surface area contributed by atoms with Crippen molar-refractivity contribution < 1.29 is 18.1 Å². The number of nitro benzene ring substituents is 1. The van der Waals surface area contributed by atoms with Gasteiger partial charge in [0.2, 0.25) is 10.0 Å². The van der Waals surface area contributed by atoms with Gasteiger partial charge in [0.15, 0.2) is 0 Å². The summed E-state index contributed by atoms with van der Waals surface area (Å²) in [6, 6.07) is 9.36. The van der Waals surface area contributed by atoms with E-state index in [-0.39, 0.29) is 22.3 Å². The molecule has 0 fully saturated rings. The van der Waals surface area contributed by atoms with Crippen molar-refractivity contribution in [1.29, 1.82) is 0 Å². The molecule has 0 heterocycles. The molecule has 0 aliphatic heterocycles. The van der Waals surface area contributed by atoms with E-state index in [1.165, 1.54) is 12.1 Å². The third kappa shape index (κ3) is 5.43. The van der Waals surface area contributed by atoms with Crippen LogP contribution in [0, 0.1) is 17.0 Å². The van der Waals surface area contributed by atoms with Crippen LogP contribution in [0.5, 0.6) is 5.75 Å². The smallest absolute Gasteiger partial charge is 0.293 e. The highest BCUT2D eigenvalue weighted by atomic mass is 32.2. The number of nitrogens with one attached hydrogen (secondary N) is 2. The minimum absolute atomic E-state index is 0.140. The molecule has 152 valence electrons. The van der Waals surface area contributed by atoms with Gasteiger partial charge in [-0.1, -0.05) is 17.7 Å². The topological polar surface area (TPSA) is 111 Å². The first-order valence-corrected chi connectivity index (χ1v) is 10.3. The summed E-state index contributed by atoms with van der Waals surface area (Å²) in [6.45, 7) is 5.77. The third-order valence-corrected chi connectivity index (χ3v) is 5.67. The van der Waals surface area contributed by atoms with Crippen LogP contribution in [-0.4, -0.2) is 33.0 Å². The predicted octanol–water partition coefficient (Wildman–Crippen LogP) is 3.25. The Morgan fingerprint density at radius 1 is 1.18 bits per heavy atom. The highest BCUT2D eigenvalue weighted by Crippen LogP contribution is 2.28. The Morgan fingerprint density at radius 3 is 2.50 bits per heavy atom. The Bertz CT molecular complexity index is 958. The molecule has 2 aromatic rings. The number of methoxy groups -OCH3 is 1. The molecule has 0 bridgehead atoms. The second kappa shape index (κ2) is 9.03. The zero-order chi connectivity index (χ0) is 20.9. The van der Waals surface area contributed by atoms with Crippen molar-refractivity contribution in [3.05, 3.63) is 57.6 Å². The lowest BCUT2D eigenvalue weighted by atomic mass is 10.1. The monoisotopic (exact) mass is 407 g/mol. The highest BCUT2D eigenvalue weighted by Gasteiger charge is 2.22. The molecule has 0 saturated carbocycles. The molecule has 0 aliphatic rings. The van der Waals surface area contributed by atoms with Gasteiger partial charge in [-0.25, -0.2) is 13.1 Å². The first kappa shape index (κ1) is 21.6. The van der Waals surface area contributed by atoms with E-state index >= 15 is 0 Å². The van der Waals surface area contributed by atoms with Gasteiger partial charge in [0.25, 0.3) is 5.69 Å². The van der Waals surface area contributed by atoms with Gasteiger partial charge in [-0.3, -0.25) is 10.1 Å². The van der Waals surface area contributed by atoms with Crippen molar-refractivity contribution >= 4 is 21.4 Å². The van der Waals surface area contributed by atoms with Crippen molar-refractivity contribution in [2.45, 2.75) is 38.1 Å². The average Bonchev–Trinajstić information content (AvgIpc) is 2.60. The van der Waals surface area contributed by atoms with E-state index in [2.05, 4.69) is 10.0 Å². The van der Waals surface area contributed by atoms with Crippen LogP contribution < -0.4 is 14.8 Å². The molecular weight excluding hydrogens is 382 g/mol. The molecule has 8 nitrogen and oxygen atoms in total. The summed E-state index contributed by atoms with van der Waals surface area (Å²) in [5.41, 5.74) is 2.05. The van der Waals surface area contributed by atoms with Gasteiger partial charge in [-0.15, -0.1) is 0 Å². The number of hydrogen-bond acceptors (Lipinski definition) is 6. The maximum atomic E-state index is 12.3. The number of nitro groups is 1. The van der Waals surface area contributed by atoms with E-state index in [0.717, 1.165) is 22.9 Å². The van der Waals surface area contributed by atoms with E-state index in [1.807, 2.05) is 25.1 Å². The molecule has 2 rings (SSSR count). The number of hydrogen-bond donors (Lipinski definition) is 2. The fourth-order valence-corrected chi connectivity index (χ4v) is 4.06. The van der Waals surface area contributed by atoms with E-state index < -0.39 is 14.9 Å². The molecule has 0 amide bonds. The number of nitrogens with zero attached hydrogens (tertiary/aromatic N) is 1. The summed E-state index contributed by atoms with van der Waals surface area (Å²) in [4.78, 5) is 10.7. The Hall–Kier alpha value is -2.65. The molecule has 9 heteroatoms. The average molecular weight is 407 g/mol. The molecule has 0 spiro atoms. The number of aryl methyl sites for hydroxylation is 1. The van der Waals surface area contributed by atoms with Crippen LogP contribution in [0.4, 0.5) is 11.4 Å². The van der Waals surface area contributed by atoms with Crippen LogP contribution in [0.15, 0.2) is 41.3 Å². The summed E-state index contributed by atoms with van der Waals surface area (Å²) in [5.74, 6) is 0.753. The van der Waals surface area contributed by atoms with Crippen molar-refractivity contribution in [3.8, 4) is 5.75 Å². The Morgan fingerprint density at radius 2 is 1.89 bits per heavy atom. The highest BCUT2D eigenvalue weighted by molar-refractivity contribution is 7.89. The number of ether oxygens (including phenoxy) is 1. The zero-order valence-corrected chi connectivity index (χ0v) is 17.2. The molecule has 0 unspecified atom stereocenters. The lowest BCUT2D eigenvalue weighted by molar-refractivity contribution is -0.384. The van der Waals surface area contributed by atoms with Gasteiger partial charge in [0.05, 0.1) is 16.9 Å². The van der Waals surface area contributed by atoms with Gasteiger partial charge >= 0.3 is 0 Å². The normalized spacial score (nSPS) is 11.5. The van der Waals surface area contributed by atoms with E-state index in [9.17, 15) is 18.5 Å². The Kier molecular flexibility index (Phi) is 6.98. The second-order valence-electron chi connectivity index (χ2n) is 6.70. The third-order valence-electron chi connectivity index (χ3n) is 4.01. The minimum atomic E-state index is -3.81. The van der Waals surface area contributed by atoms with E-state index in [1.54, 1.807) is 21.0 Å². The largest absolute Gasteiger partial charge is 0.496 e. The summed E-state index contributed by atoms with van der Waals surface area (Å²) in [5, 5.41) is 14.5. The first-order valence-electron chi connectivity index (χ1n) is 8.82. The maximum absolute atomic E-state index is 12.3. The standard InChI is InChI=1S/C19H25N3O5S/c1-13(2)21-28(25,26)16-6-7-17(18(12-16)22(23)24)20-10-9-15-11-14(3)5-8-19(15)27-4/h5-8,11-13,20-21H,9-10H2,1-4H3. The molecule has 0 saturated heterocycles. The minimum Gasteiger partial charge on any atom is -0.496 e. The Balaban J connectivity index is 2.20. The quantitative estimate of drug-likeness (QED) is 0.488. The van der Waals surface area contributed by atoms with Gasteiger partial charge in [0.1, 0.15) is 11.4 Å². The van der Waals surface area contributed by atoms with Crippen molar-refractivity contribution in [3.63, 3.8) is 0 Å². The van der Waals surface area contributed by atoms with Crippen LogP contribution >= 0.6 is 0 Å². The van der Waals surface area contributed by atoms with Crippen LogP contribution in [0.25, 0.3) is 0 Å². The van der Waals surface area contributed by atoms with Crippen molar-refractivity contribution in [2.75, 3.05) is 19.0 Å². The van der Waals surface area contributed by atoms with Crippen LogP contribution in [0.2, 0.25) is 0 Å². The fourth-order valence-electron chi connectivity index (χ4n) is 2.79.